The quantitative estimate of drug-likeness (QED) is 0.914. The molecule has 5 heteroatoms. The van der Waals surface area contributed by atoms with Gasteiger partial charge in [0.2, 0.25) is 0 Å². The van der Waals surface area contributed by atoms with Gasteiger partial charge >= 0.3 is 5.97 Å². The molecule has 0 atom stereocenters. The number of hydrogen-bond donors (Lipinski definition) is 1. The average molecular weight is 271 g/mol. The van der Waals surface area contributed by atoms with Gasteiger partial charge in [-0.15, -0.1) is 0 Å². The van der Waals surface area contributed by atoms with Crippen LogP contribution in [0.3, 0.4) is 0 Å². The fraction of sp³-hybridized carbons (Fsp3) is 0.462. The molecule has 2 rings (SSSR count). The van der Waals surface area contributed by atoms with Gasteiger partial charge in [0.1, 0.15) is 0 Å². The minimum atomic E-state index is -0.867. The summed E-state index contributed by atoms with van der Waals surface area (Å²) in [5.41, 5.74) is 0.518. The van der Waals surface area contributed by atoms with Crippen molar-refractivity contribution in [2.24, 2.45) is 0 Å². The summed E-state index contributed by atoms with van der Waals surface area (Å²) in [4.78, 5) is 11.5. The molecule has 0 unspecified atom stereocenters. The van der Waals surface area contributed by atoms with Crippen molar-refractivity contribution in [2.45, 2.75) is 25.2 Å². The van der Waals surface area contributed by atoms with Gasteiger partial charge in [-0.2, -0.15) is 0 Å². The van der Waals surface area contributed by atoms with Gasteiger partial charge in [-0.05, 0) is 25.3 Å². The lowest BCUT2D eigenvalue weighted by Gasteiger charge is -2.21. The van der Waals surface area contributed by atoms with Crippen molar-refractivity contribution < 1.29 is 19.4 Å². The largest absolute Gasteiger partial charge is 0.493 e. The van der Waals surface area contributed by atoms with Crippen molar-refractivity contribution in [2.75, 3.05) is 14.2 Å². The van der Waals surface area contributed by atoms with Gasteiger partial charge in [0, 0.05) is 16.7 Å². The summed E-state index contributed by atoms with van der Waals surface area (Å²) in [5.74, 6) is 0.100. The highest BCUT2D eigenvalue weighted by molar-refractivity contribution is 6.31. The first-order valence-corrected chi connectivity index (χ1v) is 6.00. The van der Waals surface area contributed by atoms with E-state index in [0.29, 0.717) is 34.9 Å². The van der Waals surface area contributed by atoms with Gasteiger partial charge in [0.25, 0.3) is 0 Å². The van der Waals surface area contributed by atoms with Gasteiger partial charge in [0.05, 0.1) is 19.6 Å². The number of carboxylic acid groups (broad SMARTS) is 1. The topological polar surface area (TPSA) is 55.8 Å². The van der Waals surface area contributed by atoms with Crippen LogP contribution in [0, 0.1) is 6.92 Å². The Bertz CT molecular complexity index is 506. The maximum absolute atomic E-state index is 11.5. The van der Waals surface area contributed by atoms with E-state index in [9.17, 15) is 9.90 Å². The third kappa shape index (κ3) is 1.72. The maximum Gasteiger partial charge on any atom is 0.314 e. The minimum Gasteiger partial charge on any atom is -0.493 e. The summed E-state index contributed by atoms with van der Waals surface area (Å²) in [6.07, 6.45) is 1.20. The van der Waals surface area contributed by atoms with Crippen LogP contribution in [-0.2, 0) is 10.2 Å². The Balaban J connectivity index is 2.72. The zero-order valence-corrected chi connectivity index (χ0v) is 11.3. The molecule has 98 valence electrons. The van der Waals surface area contributed by atoms with Gasteiger partial charge in [0.15, 0.2) is 11.5 Å². The van der Waals surface area contributed by atoms with Crippen LogP contribution >= 0.6 is 11.6 Å². The highest BCUT2D eigenvalue weighted by Crippen LogP contribution is 2.55. The number of ether oxygens (including phenoxy) is 2. The first kappa shape index (κ1) is 13.0. The summed E-state index contributed by atoms with van der Waals surface area (Å²) in [6.45, 7) is 1.81. The van der Waals surface area contributed by atoms with E-state index in [1.165, 1.54) is 14.2 Å². The zero-order chi connectivity index (χ0) is 13.5. The Hall–Kier alpha value is -1.42. The molecule has 0 heterocycles. The molecule has 1 fully saturated rings. The second kappa shape index (κ2) is 4.35. The summed E-state index contributed by atoms with van der Waals surface area (Å²) >= 11 is 6.14. The molecule has 1 N–H and O–H groups in total. The van der Waals surface area contributed by atoms with E-state index in [1.54, 1.807) is 6.07 Å². The minimum absolute atomic E-state index is 0.468. The van der Waals surface area contributed by atoms with Crippen LogP contribution in [-0.4, -0.2) is 25.3 Å². The van der Waals surface area contributed by atoms with Gasteiger partial charge in [-0.1, -0.05) is 11.6 Å². The van der Waals surface area contributed by atoms with Crippen LogP contribution in [0.5, 0.6) is 11.5 Å². The van der Waals surface area contributed by atoms with Crippen molar-refractivity contribution in [3.8, 4) is 11.5 Å². The van der Waals surface area contributed by atoms with E-state index >= 15 is 0 Å². The Morgan fingerprint density at radius 1 is 1.39 bits per heavy atom. The Morgan fingerprint density at radius 2 is 2.00 bits per heavy atom. The van der Waals surface area contributed by atoms with Crippen molar-refractivity contribution in [3.05, 3.63) is 22.2 Å². The van der Waals surface area contributed by atoms with E-state index in [-0.39, 0.29) is 0 Å². The molecular weight excluding hydrogens is 256 g/mol. The van der Waals surface area contributed by atoms with E-state index in [2.05, 4.69) is 0 Å². The van der Waals surface area contributed by atoms with Crippen molar-refractivity contribution in [3.63, 3.8) is 0 Å². The molecule has 1 saturated carbocycles. The third-order valence-corrected chi connectivity index (χ3v) is 3.90. The Morgan fingerprint density at radius 3 is 2.39 bits per heavy atom. The molecule has 18 heavy (non-hydrogen) atoms. The molecular formula is C13H15ClO4. The smallest absolute Gasteiger partial charge is 0.314 e. The first-order valence-electron chi connectivity index (χ1n) is 5.63. The van der Waals surface area contributed by atoms with Gasteiger partial charge in [-0.25, -0.2) is 0 Å². The Labute approximate surface area is 110 Å². The molecule has 0 amide bonds. The lowest BCUT2D eigenvalue weighted by atomic mass is 9.90. The maximum atomic E-state index is 11.5. The molecule has 0 aromatic heterocycles. The lowest BCUT2D eigenvalue weighted by Crippen LogP contribution is -2.22. The zero-order valence-electron chi connectivity index (χ0n) is 10.5. The molecule has 4 nitrogen and oxygen atoms in total. The molecule has 1 aromatic carbocycles. The number of hydrogen-bond acceptors (Lipinski definition) is 3. The number of halogens is 1. The van der Waals surface area contributed by atoms with E-state index in [1.807, 2.05) is 6.92 Å². The van der Waals surface area contributed by atoms with Crippen LogP contribution in [0.2, 0.25) is 5.02 Å². The summed E-state index contributed by atoms with van der Waals surface area (Å²) in [5, 5.41) is 9.91. The van der Waals surface area contributed by atoms with Gasteiger partial charge < -0.3 is 14.6 Å². The lowest BCUT2D eigenvalue weighted by molar-refractivity contribution is -0.140. The average Bonchev–Trinajstić information content (AvgIpc) is 3.12. The molecule has 0 spiro atoms. The van der Waals surface area contributed by atoms with Gasteiger partial charge in [-0.3, -0.25) is 4.79 Å². The summed E-state index contributed by atoms with van der Waals surface area (Å²) < 4.78 is 10.5. The Kier molecular flexibility index (Phi) is 3.15. The highest BCUT2D eigenvalue weighted by atomic mass is 35.5. The van der Waals surface area contributed by atoms with Crippen LogP contribution in [0.1, 0.15) is 24.0 Å². The molecule has 0 aliphatic heterocycles. The second-order valence-electron chi connectivity index (χ2n) is 4.48. The predicted molar refractivity (Wildman–Crippen MR) is 67.8 cm³/mol. The normalized spacial score (nSPS) is 16.2. The fourth-order valence-corrected chi connectivity index (χ4v) is 2.52. The number of benzene rings is 1. The standard InChI is InChI=1S/C13H15ClO4/c1-7-8(14)6-9(17-2)11(18-3)10(7)13(4-5-13)12(15)16/h6H,4-5H2,1-3H3,(H,15,16). The molecule has 1 aromatic rings. The molecule has 0 radical (unpaired) electrons. The third-order valence-electron chi connectivity index (χ3n) is 3.50. The van der Waals surface area contributed by atoms with Crippen LogP contribution < -0.4 is 9.47 Å². The SMILES string of the molecule is COc1cc(Cl)c(C)c(C2(C(=O)O)CC2)c1OC. The summed E-state index contributed by atoms with van der Waals surface area (Å²) in [6, 6.07) is 1.65. The number of carbonyl (C=O) groups is 1. The van der Waals surface area contributed by atoms with Crippen LogP contribution in [0.15, 0.2) is 6.07 Å². The number of aliphatic carboxylic acids is 1. The first-order chi connectivity index (χ1) is 8.47. The molecule has 0 saturated heterocycles. The molecule has 0 bridgehead atoms. The van der Waals surface area contributed by atoms with Crippen LogP contribution in [0.4, 0.5) is 0 Å². The molecule has 1 aliphatic carbocycles. The van der Waals surface area contributed by atoms with E-state index in [0.717, 1.165) is 5.56 Å². The van der Waals surface area contributed by atoms with E-state index in [4.69, 9.17) is 21.1 Å². The summed E-state index contributed by atoms with van der Waals surface area (Å²) in [7, 11) is 3.01. The van der Waals surface area contributed by atoms with E-state index < -0.39 is 11.4 Å². The van der Waals surface area contributed by atoms with Crippen molar-refractivity contribution >= 4 is 17.6 Å². The monoisotopic (exact) mass is 270 g/mol. The highest BCUT2D eigenvalue weighted by Gasteiger charge is 2.55. The fourth-order valence-electron chi connectivity index (χ4n) is 2.33. The number of rotatable bonds is 4. The van der Waals surface area contributed by atoms with Crippen molar-refractivity contribution in [1.29, 1.82) is 0 Å². The van der Waals surface area contributed by atoms with Crippen molar-refractivity contribution in [1.82, 2.24) is 0 Å². The van der Waals surface area contributed by atoms with Crippen LogP contribution in [0.25, 0.3) is 0 Å². The second-order valence-corrected chi connectivity index (χ2v) is 4.89. The number of methoxy groups -OCH3 is 2. The number of carboxylic acids is 1. The molecule has 1 aliphatic rings. The predicted octanol–water partition coefficient (Wildman–Crippen LogP) is 2.78.